The molecule has 0 atom stereocenters. The van der Waals surface area contributed by atoms with Crippen LogP contribution in [0.25, 0.3) is 0 Å². The van der Waals surface area contributed by atoms with Gasteiger partial charge in [0, 0.05) is 54.5 Å². The second-order valence-electron chi connectivity index (χ2n) is 8.33. The van der Waals surface area contributed by atoms with Crippen LogP contribution in [0, 0.1) is 6.92 Å². The van der Waals surface area contributed by atoms with Crippen molar-refractivity contribution >= 4 is 29.1 Å². The molecule has 3 N–H and O–H groups in total. The highest BCUT2D eigenvalue weighted by Gasteiger charge is 2.12. The van der Waals surface area contributed by atoms with E-state index in [4.69, 9.17) is 4.74 Å². The monoisotopic (exact) mass is 474 g/mol. The molecule has 4 rings (SSSR count). The van der Waals surface area contributed by atoms with Crippen molar-refractivity contribution in [2.45, 2.75) is 13.3 Å². The molecule has 0 radical (unpaired) electrons. The van der Waals surface area contributed by atoms with Crippen molar-refractivity contribution in [3.63, 3.8) is 0 Å². The minimum Gasteiger partial charge on any atom is -0.379 e. The number of amides is 2. The van der Waals surface area contributed by atoms with Gasteiger partial charge < -0.3 is 15.4 Å². The van der Waals surface area contributed by atoms with Gasteiger partial charge in [-0.2, -0.15) is 0 Å². The lowest BCUT2D eigenvalue weighted by atomic mass is 10.1. The smallest absolute Gasteiger partial charge is 0.258 e. The number of anilines is 3. The van der Waals surface area contributed by atoms with Crippen LogP contribution in [0.15, 0.2) is 60.9 Å². The van der Waals surface area contributed by atoms with Crippen LogP contribution in [0.1, 0.15) is 32.7 Å². The number of nitrogens with zero attached hydrogens (tertiary/aromatic N) is 3. The first-order valence-electron chi connectivity index (χ1n) is 11.7. The zero-order valence-corrected chi connectivity index (χ0v) is 19.8. The summed E-state index contributed by atoms with van der Waals surface area (Å²) in [5.74, 6) is -0.117. The average molecular weight is 475 g/mol. The van der Waals surface area contributed by atoms with Crippen LogP contribution in [-0.2, 0) is 4.74 Å². The summed E-state index contributed by atoms with van der Waals surface area (Å²) in [5.41, 5.74) is 3.64. The molecule has 182 valence electrons. The van der Waals surface area contributed by atoms with Crippen LogP contribution >= 0.6 is 0 Å². The average Bonchev–Trinajstić information content (AvgIpc) is 2.89. The number of rotatable bonds is 9. The third-order valence-corrected chi connectivity index (χ3v) is 5.72. The van der Waals surface area contributed by atoms with Gasteiger partial charge in [0.05, 0.1) is 13.2 Å². The maximum absolute atomic E-state index is 12.6. The van der Waals surface area contributed by atoms with Crippen LogP contribution in [0.2, 0.25) is 0 Å². The number of morpholine rings is 1. The van der Waals surface area contributed by atoms with E-state index in [-0.39, 0.29) is 17.8 Å². The molecule has 9 heteroatoms. The fraction of sp³-hybridized carbons (Fsp3) is 0.308. The van der Waals surface area contributed by atoms with E-state index >= 15 is 0 Å². The number of carbonyl (C=O) groups is 2. The van der Waals surface area contributed by atoms with Crippen molar-refractivity contribution < 1.29 is 14.3 Å². The molecule has 35 heavy (non-hydrogen) atoms. The van der Waals surface area contributed by atoms with E-state index < -0.39 is 0 Å². The third-order valence-electron chi connectivity index (χ3n) is 5.72. The first-order valence-corrected chi connectivity index (χ1v) is 11.7. The molecule has 1 fully saturated rings. The van der Waals surface area contributed by atoms with Crippen LogP contribution in [-0.4, -0.2) is 66.1 Å². The van der Waals surface area contributed by atoms with E-state index in [2.05, 4.69) is 30.8 Å². The highest BCUT2D eigenvalue weighted by atomic mass is 16.5. The molecule has 2 aromatic carbocycles. The zero-order valence-electron chi connectivity index (χ0n) is 19.8. The van der Waals surface area contributed by atoms with E-state index in [0.717, 1.165) is 56.2 Å². The molecule has 0 saturated carbocycles. The van der Waals surface area contributed by atoms with Crippen LogP contribution in [0.3, 0.4) is 0 Å². The lowest BCUT2D eigenvalue weighted by molar-refractivity contribution is 0.0374. The Bertz CT molecular complexity index is 1150. The quantitative estimate of drug-likeness (QED) is 0.409. The predicted octanol–water partition coefficient (Wildman–Crippen LogP) is 3.23. The SMILES string of the molecule is Cc1cc(C(=O)Nc2ncccn2)ccc1Nc1cccc(C(=O)NCCCN2CCOCC2)c1. The molecule has 1 aliphatic heterocycles. The maximum Gasteiger partial charge on any atom is 0.258 e. The summed E-state index contributed by atoms with van der Waals surface area (Å²) in [6, 6.07) is 14.4. The number of ether oxygens (including phenoxy) is 1. The van der Waals surface area contributed by atoms with Crippen molar-refractivity contribution in [1.82, 2.24) is 20.2 Å². The molecule has 2 amide bonds. The number of aryl methyl sites for hydroxylation is 1. The maximum atomic E-state index is 12.6. The second-order valence-corrected chi connectivity index (χ2v) is 8.33. The summed E-state index contributed by atoms with van der Waals surface area (Å²) in [5, 5.41) is 9.02. The van der Waals surface area contributed by atoms with E-state index in [1.165, 1.54) is 0 Å². The summed E-state index contributed by atoms with van der Waals surface area (Å²) < 4.78 is 5.36. The van der Waals surface area contributed by atoms with Gasteiger partial charge in [-0.1, -0.05) is 6.07 Å². The second kappa shape index (κ2) is 12.0. The standard InChI is InChI=1S/C26H30N6O3/c1-19-17-21(25(34)31-26-28-9-3-10-29-26)7-8-23(19)30-22-6-2-5-20(18-22)24(33)27-11-4-12-32-13-15-35-16-14-32/h2-3,5-10,17-18,30H,4,11-16H2,1H3,(H,27,33)(H,28,29,31,34). The van der Waals surface area contributed by atoms with Gasteiger partial charge in [-0.15, -0.1) is 0 Å². The van der Waals surface area contributed by atoms with Gasteiger partial charge in [-0.25, -0.2) is 9.97 Å². The Kier molecular flexibility index (Phi) is 8.37. The fourth-order valence-corrected chi connectivity index (χ4v) is 3.81. The van der Waals surface area contributed by atoms with Crippen molar-refractivity contribution in [2.24, 2.45) is 0 Å². The van der Waals surface area contributed by atoms with Crippen molar-refractivity contribution in [3.05, 3.63) is 77.6 Å². The largest absolute Gasteiger partial charge is 0.379 e. The van der Waals surface area contributed by atoms with Crippen molar-refractivity contribution in [2.75, 3.05) is 50.0 Å². The highest BCUT2D eigenvalue weighted by Crippen LogP contribution is 2.23. The van der Waals surface area contributed by atoms with Gasteiger partial charge in [0.1, 0.15) is 0 Å². The molecule has 9 nitrogen and oxygen atoms in total. The Balaban J connectivity index is 1.31. The fourth-order valence-electron chi connectivity index (χ4n) is 3.81. The molecule has 1 aliphatic rings. The number of hydrogen-bond acceptors (Lipinski definition) is 7. The Hall–Kier alpha value is -3.82. The predicted molar refractivity (Wildman–Crippen MR) is 135 cm³/mol. The topological polar surface area (TPSA) is 108 Å². The molecular weight excluding hydrogens is 444 g/mol. The molecule has 0 spiro atoms. The Morgan fingerprint density at radius 1 is 0.971 bits per heavy atom. The lowest BCUT2D eigenvalue weighted by Gasteiger charge is -2.26. The van der Waals surface area contributed by atoms with Crippen LogP contribution < -0.4 is 16.0 Å². The number of hydrogen-bond donors (Lipinski definition) is 3. The number of benzene rings is 2. The zero-order chi connectivity index (χ0) is 24.5. The number of aromatic nitrogens is 2. The highest BCUT2D eigenvalue weighted by molar-refractivity contribution is 6.03. The van der Waals surface area contributed by atoms with Crippen molar-refractivity contribution in [1.29, 1.82) is 0 Å². The van der Waals surface area contributed by atoms with Gasteiger partial charge in [-0.3, -0.25) is 19.8 Å². The molecule has 0 bridgehead atoms. The van der Waals surface area contributed by atoms with Gasteiger partial charge in [0.15, 0.2) is 0 Å². The molecule has 1 saturated heterocycles. The summed E-state index contributed by atoms with van der Waals surface area (Å²) in [4.78, 5) is 35.5. The minimum absolute atomic E-state index is 0.0949. The first-order chi connectivity index (χ1) is 17.1. The van der Waals surface area contributed by atoms with Gasteiger partial charge in [-0.05, 0) is 67.9 Å². The lowest BCUT2D eigenvalue weighted by Crippen LogP contribution is -2.38. The minimum atomic E-state index is -0.280. The Labute approximate surface area is 204 Å². The van der Waals surface area contributed by atoms with E-state index in [1.54, 1.807) is 36.7 Å². The first kappa shape index (κ1) is 24.3. The van der Waals surface area contributed by atoms with Crippen molar-refractivity contribution in [3.8, 4) is 0 Å². The molecule has 0 unspecified atom stereocenters. The van der Waals surface area contributed by atoms with E-state index in [0.29, 0.717) is 17.7 Å². The summed E-state index contributed by atoms with van der Waals surface area (Å²) in [6.45, 7) is 6.97. The summed E-state index contributed by atoms with van der Waals surface area (Å²) >= 11 is 0. The van der Waals surface area contributed by atoms with Gasteiger partial charge in [0.25, 0.3) is 11.8 Å². The normalized spacial score (nSPS) is 13.7. The van der Waals surface area contributed by atoms with Crippen LogP contribution in [0.5, 0.6) is 0 Å². The third kappa shape index (κ3) is 7.08. The summed E-state index contributed by atoms with van der Waals surface area (Å²) in [6.07, 6.45) is 4.04. The number of carbonyl (C=O) groups excluding carboxylic acids is 2. The molecular formula is C26H30N6O3. The van der Waals surface area contributed by atoms with E-state index in [9.17, 15) is 9.59 Å². The number of nitrogens with one attached hydrogen (secondary N) is 3. The van der Waals surface area contributed by atoms with Crippen LogP contribution in [0.4, 0.5) is 17.3 Å². The Morgan fingerprint density at radius 2 is 1.74 bits per heavy atom. The van der Waals surface area contributed by atoms with Gasteiger partial charge in [0.2, 0.25) is 5.95 Å². The molecule has 0 aliphatic carbocycles. The molecule has 3 aromatic rings. The molecule has 1 aromatic heterocycles. The van der Waals surface area contributed by atoms with E-state index in [1.807, 2.05) is 31.2 Å². The molecule has 2 heterocycles. The van der Waals surface area contributed by atoms with Gasteiger partial charge >= 0.3 is 0 Å². The Morgan fingerprint density at radius 3 is 2.51 bits per heavy atom. The summed E-state index contributed by atoms with van der Waals surface area (Å²) in [7, 11) is 0.